The van der Waals surface area contributed by atoms with E-state index in [0.717, 1.165) is 53.2 Å². The molecule has 166 valence electrons. The fourth-order valence-corrected chi connectivity index (χ4v) is 5.42. The number of benzene rings is 1. The number of hydrogen-bond donors (Lipinski definition) is 1. The normalized spacial score (nSPS) is 17.2. The standard InChI is InChI=1S/C25H30N6S/c1-16-17(2)32-25(26-16)27-18(3)31-21-10-7-13-30(15-21)23-12-11-22(28-24(23)31)19-8-6-9-20(14-19)29(4)5/h6,8-9,11-12,14,21H,3,7,10,13,15H2,1-2,4-5H3,(H,26,27)/t21-/m1/s1. The van der Waals surface area contributed by atoms with Gasteiger partial charge in [-0.3, -0.25) is 0 Å². The van der Waals surface area contributed by atoms with Crippen molar-refractivity contribution in [1.29, 1.82) is 0 Å². The maximum atomic E-state index is 5.18. The van der Waals surface area contributed by atoms with Gasteiger partial charge in [0.15, 0.2) is 10.9 Å². The van der Waals surface area contributed by atoms with Crippen molar-refractivity contribution in [1.82, 2.24) is 9.97 Å². The molecule has 2 aliphatic heterocycles. The van der Waals surface area contributed by atoms with Crippen LogP contribution in [0.1, 0.15) is 23.4 Å². The maximum Gasteiger partial charge on any atom is 0.188 e. The first-order chi connectivity index (χ1) is 15.4. The summed E-state index contributed by atoms with van der Waals surface area (Å²) in [5.41, 5.74) is 5.51. The molecule has 2 bridgehead atoms. The van der Waals surface area contributed by atoms with Gasteiger partial charge >= 0.3 is 0 Å². The van der Waals surface area contributed by atoms with Crippen LogP contribution in [0.5, 0.6) is 0 Å². The molecule has 3 aromatic rings. The third-order valence-electron chi connectivity index (χ3n) is 6.41. The zero-order chi connectivity index (χ0) is 22.4. The zero-order valence-corrected chi connectivity index (χ0v) is 20.0. The number of rotatable bonds is 5. The molecule has 1 atom stereocenters. The van der Waals surface area contributed by atoms with E-state index in [4.69, 9.17) is 4.98 Å². The van der Waals surface area contributed by atoms with Crippen LogP contribution in [-0.2, 0) is 0 Å². The van der Waals surface area contributed by atoms with Gasteiger partial charge in [0.2, 0.25) is 0 Å². The van der Waals surface area contributed by atoms with E-state index in [1.54, 1.807) is 11.3 Å². The minimum Gasteiger partial charge on any atom is -0.378 e. The Morgan fingerprint density at radius 3 is 2.78 bits per heavy atom. The predicted molar refractivity (Wildman–Crippen MR) is 136 cm³/mol. The Hall–Kier alpha value is -3.06. The Morgan fingerprint density at radius 1 is 1.19 bits per heavy atom. The highest BCUT2D eigenvalue weighted by atomic mass is 32.1. The van der Waals surface area contributed by atoms with Crippen LogP contribution in [0.4, 0.5) is 22.3 Å². The largest absolute Gasteiger partial charge is 0.378 e. The monoisotopic (exact) mass is 446 g/mol. The molecule has 5 rings (SSSR count). The Kier molecular flexibility index (Phi) is 5.29. The van der Waals surface area contributed by atoms with Crippen molar-refractivity contribution >= 4 is 33.7 Å². The van der Waals surface area contributed by atoms with Crippen molar-refractivity contribution in [3.63, 3.8) is 0 Å². The van der Waals surface area contributed by atoms with Crippen molar-refractivity contribution in [2.75, 3.05) is 47.2 Å². The van der Waals surface area contributed by atoms with Crippen molar-refractivity contribution in [3.05, 3.63) is 59.4 Å². The van der Waals surface area contributed by atoms with Gasteiger partial charge in [-0.15, -0.1) is 11.3 Å². The lowest BCUT2D eigenvalue weighted by molar-refractivity contribution is 0.472. The summed E-state index contributed by atoms with van der Waals surface area (Å²) in [6.07, 6.45) is 2.31. The molecular formula is C25H30N6S. The summed E-state index contributed by atoms with van der Waals surface area (Å²) in [7, 11) is 4.13. The van der Waals surface area contributed by atoms with Crippen molar-refractivity contribution in [2.24, 2.45) is 0 Å². The minimum atomic E-state index is 0.356. The third-order valence-corrected chi connectivity index (χ3v) is 7.40. The summed E-state index contributed by atoms with van der Waals surface area (Å²) >= 11 is 1.67. The Balaban J connectivity index is 1.54. The summed E-state index contributed by atoms with van der Waals surface area (Å²) in [4.78, 5) is 18.0. The lowest BCUT2D eigenvalue weighted by Crippen LogP contribution is -2.53. The molecule has 0 amide bonds. The average molecular weight is 447 g/mol. The topological polar surface area (TPSA) is 47.5 Å². The van der Waals surface area contributed by atoms with Crippen molar-refractivity contribution in [3.8, 4) is 11.3 Å². The number of hydrogen-bond acceptors (Lipinski definition) is 7. The van der Waals surface area contributed by atoms with Gasteiger partial charge in [0, 0.05) is 43.3 Å². The molecule has 2 aromatic heterocycles. The lowest BCUT2D eigenvalue weighted by atomic mass is 9.99. The second-order valence-electron chi connectivity index (χ2n) is 8.83. The lowest BCUT2D eigenvalue weighted by Gasteiger charge is -2.47. The molecule has 1 fully saturated rings. The van der Waals surface area contributed by atoms with Gasteiger partial charge in [-0.1, -0.05) is 18.7 Å². The molecule has 0 radical (unpaired) electrons. The molecule has 1 aromatic carbocycles. The van der Waals surface area contributed by atoms with Gasteiger partial charge < -0.3 is 20.0 Å². The summed E-state index contributed by atoms with van der Waals surface area (Å²) in [5, 5.41) is 4.36. The van der Waals surface area contributed by atoms with Crippen LogP contribution in [0.2, 0.25) is 0 Å². The third kappa shape index (κ3) is 3.71. The first-order valence-electron chi connectivity index (χ1n) is 11.1. The van der Waals surface area contributed by atoms with Gasteiger partial charge in [0.25, 0.3) is 0 Å². The fraction of sp³-hybridized carbons (Fsp3) is 0.360. The number of thiazole rings is 1. The second-order valence-corrected chi connectivity index (χ2v) is 10.0. The number of pyridine rings is 1. The molecule has 7 heteroatoms. The molecule has 2 aliphatic rings. The predicted octanol–water partition coefficient (Wildman–Crippen LogP) is 5.26. The number of piperidine rings is 1. The Bertz CT molecular complexity index is 1150. The Labute approximate surface area is 194 Å². The van der Waals surface area contributed by atoms with Crippen LogP contribution in [0.3, 0.4) is 0 Å². The SMILES string of the molecule is C=C(Nc1nc(C)c(C)s1)N1c2nc(-c3cccc(N(C)C)c3)ccc2N2CCC[C@@H]1C2. The molecule has 32 heavy (non-hydrogen) atoms. The van der Waals surface area contributed by atoms with Crippen molar-refractivity contribution in [2.45, 2.75) is 32.7 Å². The van der Waals surface area contributed by atoms with E-state index in [0.29, 0.717) is 6.04 Å². The van der Waals surface area contributed by atoms with Crippen LogP contribution in [0.15, 0.2) is 48.8 Å². The Morgan fingerprint density at radius 2 is 2.03 bits per heavy atom. The second kappa shape index (κ2) is 8.13. The van der Waals surface area contributed by atoms with E-state index >= 15 is 0 Å². The van der Waals surface area contributed by atoms with Crippen LogP contribution >= 0.6 is 11.3 Å². The molecular weight excluding hydrogens is 416 g/mol. The summed E-state index contributed by atoms with van der Waals surface area (Å²) in [5.74, 6) is 1.83. The number of aromatic nitrogens is 2. The maximum absolute atomic E-state index is 5.18. The van der Waals surface area contributed by atoms with Crippen LogP contribution < -0.4 is 20.0 Å². The number of fused-ring (bicyclic) bond motifs is 4. The van der Waals surface area contributed by atoms with E-state index < -0.39 is 0 Å². The molecule has 1 N–H and O–H groups in total. The molecule has 0 unspecified atom stereocenters. The van der Waals surface area contributed by atoms with Gasteiger partial charge in [-0.25, -0.2) is 9.97 Å². The quantitative estimate of drug-likeness (QED) is 0.577. The first-order valence-corrected chi connectivity index (χ1v) is 12.0. The molecule has 4 heterocycles. The number of nitrogens with one attached hydrogen (secondary N) is 1. The van der Waals surface area contributed by atoms with E-state index in [-0.39, 0.29) is 0 Å². The van der Waals surface area contributed by atoms with Crippen molar-refractivity contribution < 1.29 is 0 Å². The highest BCUT2D eigenvalue weighted by molar-refractivity contribution is 7.15. The molecule has 0 saturated carbocycles. The van der Waals surface area contributed by atoms with Gasteiger partial charge in [0.05, 0.1) is 23.1 Å². The van der Waals surface area contributed by atoms with E-state index in [2.05, 4.69) is 89.0 Å². The fourth-order valence-electron chi connectivity index (χ4n) is 4.58. The first kappa shape index (κ1) is 20.8. The number of nitrogens with zero attached hydrogens (tertiary/aromatic N) is 5. The summed E-state index contributed by atoms with van der Waals surface area (Å²) < 4.78 is 0. The van der Waals surface area contributed by atoms with Crippen LogP contribution in [-0.4, -0.2) is 43.2 Å². The van der Waals surface area contributed by atoms with Gasteiger partial charge in [-0.05, 0) is 51.0 Å². The smallest absolute Gasteiger partial charge is 0.188 e. The highest BCUT2D eigenvalue weighted by Gasteiger charge is 2.36. The number of aryl methyl sites for hydroxylation is 2. The molecule has 0 spiro atoms. The average Bonchev–Trinajstić information content (AvgIpc) is 3.10. The van der Waals surface area contributed by atoms with Gasteiger partial charge in [0.1, 0.15) is 5.82 Å². The molecule has 1 saturated heterocycles. The molecule has 6 nitrogen and oxygen atoms in total. The van der Waals surface area contributed by atoms with Crippen LogP contribution in [0, 0.1) is 13.8 Å². The van der Waals surface area contributed by atoms with E-state index in [1.165, 1.54) is 22.7 Å². The van der Waals surface area contributed by atoms with Gasteiger partial charge in [-0.2, -0.15) is 0 Å². The summed E-state index contributed by atoms with van der Waals surface area (Å²) in [6.45, 7) is 10.6. The minimum absolute atomic E-state index is 0.356. The van der Waals surface area contributed by atoms with E-state index in [1.807, 2.05) is 6.92 Å². The van der Waals surface area contributed by atoms with E-state index in [9.17, 15) is 0 Å². The van der Waals surface area contributed by atoms with Crippen LogP contribution in [0.25, 0.3) is 11.3 Å². The highest BCUT2D eigenvalue weighted by Crippen LogP contribution is 2.41. The molecule has 0 aliphatic carbocycles. The number of anilines is 4. The summed E-state index contributed by atoms with van der Waals surface area (Å²) in [6, 6.07) is 13.3. The zero-order valence-electron chi connectivity index (χ0n) is 19.2.